The molecule has 0 N–H and O–H groups in total. The molecule has 0 fully saturated rings. The Hall–Kier alpha value is 0.110. The fourth-order valence-corrected chi connectivity index (χ4v) is 0.779. The van der Waals surface area contributed by atoms with E-state index < -0.39 is 0 Å². The number of rotatable bonds is 1. The first-order valence-corrected chi connectivity index (χ1v) is 3.12. The van der Waals surface area contributed by atoms with E-state index in [1.165, 1.54) is 19.2 Å². The van der Waals surface area contributed by atoms with Crippen molar-refractivity contribution in [3.05, 3.63) is 23.2 Å². The first-order valence-electron chi connectivity index (χ1n) is 2.74. The molecule has 0 aliphatic heterocycles. The maximum atomic E-state index is 10.7. The molecule has 0 atom stereocenters. The summed E-state index contributed by atoms with van der Waals surface area (Å²) in [6.07, 6.45) is 0. The number of halogens is 1. The van der Waals surface area contributed by atoms with Crippen molar-refractivity contribution < 1.29 is 39.4 Å². The Balaban J connectivity index is 0.000001000. The van der Waals surface area contributed by atoms with E-state index in [0.717, 1.165) is 0 Å². The number of methoxy groups -OCH3 is 1. The van der Waals surface area contributed by atoms with E-state index >= 15 is 0 Å². The van der Waals surface area contributed by atoms with Crippen LogP contribution in [0.4, 0.5) is 0 Å². The Morgan fingerprint density at radius 1 is 1.45 bits per heavy atom. The van der Waals surface area contributed by atoms with Gasteiger partial charge in [0, 0.05) is 5.02 Å². The van der Waals surface area contributed by atoms with Crippen molar-refractivity contribution >= 4 is 11.6 Å². The number of benzene rings is 1. The molecule has 2 nitrogen and oxygen atoms in total. The molecule has 1 aromatic carbocycles. The SMILES string of the molecule is COc1ccc([O-])c(Cl)c1.[Na+]. The number of ether oxygens (including phenoxy) is 1. The average Bonchev–Trinajstić information content (AvgIpc) is 1.95. The summed E-state index contributed by atoms with van der Waals surface area (Å²) in [4.78, 5) is 0. The van der Waals surface area contributed by atoms with Crippen LogP contribution in [0.5, 0.6) is 11.5 Å². The van der Waals surface area contributed by atoms with Crippen molar-refractivity contribution in [1.82, 2.24) is 0 Å². The van der Waals surface area contributed by atoms with Gasteiger partial charge in [-0.2, -0.15) is 0 Å². The van der Waals surface area contributed by atoms with Gasteiger partial charge in [0.2, 0.25) is 0 Å². The van der Waals surface area contributed by atoms with Gasteiger partial charge in [-0.15, -0.1) is 0 Å². The molecule has 0 unspecified atom stereocenters. The van der Waals surface area contributed by atoms with Crippen molar-refractivity contribution in [2.24, 2.45) is 0 Å². The summed E-state index contributed by atoms with van der Waals surface area (Å²) < 4.78 is 4.83. The van der Waals surface area contributed by atoms with E-state index in [-0.39, 0.29) is 40.3 Å². The molecular formula is C7H6ClNaO2. The molecule has 54 valence electrons. The van der Waals surface area contributed by atoms with Crippen molar-refractivity contribution in [3.63, 3.8) is 0 Å². The standard InChI is InChI=1S/C7H7ClO2.Na/c1-10-5-2-3-7(9)6(8)4-5;/h2-4,9H,1H3;/q;+1/p-1. The van der Waals surface area contributed by atoms with Gasteiger partial charge in [0.15, 0.2) is 0 Å². The molecule has 11 heavy (non-hydrogen) atoms. The van der Waals surface area contributed by atoms with Crippen LogP contribution in [0, 0.1) is 0 Å². The third-order valence-corrected chi connectivity index (χ3v) is 1.43. The normalized spacial score (nSPS) is 8.55. The zero-order valence-electron chi connectivity index (χ0n) is 6.43. The van der Waals surface area contributed by atoms with Gasteiger partial charge >= 0.3 is 29.6 Å². The van der Waals surface area contributed by atoms with E-state index in [1.807, 2.05) is 0 Å². The van der Waals surface area contributed by atoms with Crippen molar-refractivity contribution in [2.75, 3.05) is 7.11 Å². The van der Waals surface area contributed by atoms with E-state index in [2.05, 4.69) is 0 Å². The molecule has 0 saturated heterocycles. The van der Waals surface area contributed by atoms with Crippen molar-refractivity contribution in [3.8, 4) is 11.5 Å². The predicted molar refractivity (Wildman–Crippen MR) is 37.5 cm³/mol. The largest absolute Gasteiger partial charge is 1.00 e. The van der Waals surface area contributed by atoms with Gasteiger partial charge in [-0.25, -0.2) is 0 Å². The summed E-state index contributed by atoms with van der Waals surface area (Å²) >= 11 is 5.50. The van der Waals surface area contributed by atoms with Crippen LogP contribution in [-0.2, 0) is 0 Å². The fraction of sp³-hybridized carbons (Fsp3) is 0.143. The second-order valence-corrected chi connectivity index (χ2v) is 2.20. The zero-order chi connectivity index (χ0) is 7.56. The van der Waals surface area contributed by atoms with Gasteiger partial charge in [0.05, 0.1) is 7.11 Å². The van der Waals surface area contributed by atoms with Crippen LogP contribution in [0.3, 0.4) is 0 Å². The van der Waals surface area contributed by atoms with E-state index in [1.54, 1.807) is 6.07 Å². The molecule has 0 heterocycles. The molecular weight excluding hydrogens is 175 g/mol. The Kier molecular flexibility index (Phi) is 4.93. The molecule has 1 rings (SSSR count). The minimum atomic E-state index is -0.178. The summed E-state index contributed by atoms with van der Waals surface area (Å²) in [6.45, 7) is 0. The van der Waals surface area contributed by atoms with Gasteiger partial charge in [-0.3, -0.25) is 0 Å². The summed E-state index contributed by atoms with van der Waals surface area (Å²) in [5.41, 5.74) is 0. The quantitative estimate of drug-likeness (QED) is 0.489. The monoisotopic (exact) mass is 180 g/mol. The van der Waals surface area contributed by atoms with Crippen LogP contribution in [0.2, 0.25) is 5.02 Å². The summed E-state index contributed by atoms with van der Waals surface area (Å²) in [7, 11) is 1.52. The molecule has 0 aliphatic carbocycles. The second-order valence-electron chi connectivity index (χ2n) is 1.80. The van der Waals surface area contributed by atoms with Crippen LogP contribution in [0.15, 0.2) is 18.2 Å². The summed E-state index contributed by atoms with van der Waals surface area (Å²) in [6, 6.07) is 4.44. The Morgan fingerprint density at radius 2 is 2.09 bits per heavy atom. The topological polar surface area (TPSA) is 32.3 Å². The smallest absolute Gasteiger partial charge is 0.871 e. The average molecular weight is 181 g/mol. The third-order valence-electron chi connectivity index (χ3n) is 1.14. The molecule has 0 radical (unpaired) electrons. The molecule has 0 aliphatic rings. The third kappa shape index (κ3) is 2.91. The number of hydrogen-bond donors (Lipinski definition) is 0. The fourth-order valence-electron chi connectivity index (χ4n) is 0.609. The maximum Gasteiger partial charge on any atom is 1.00 e. The van der Waals surface area contributed by atoms with Crippen LogP contribution in [0.25, 0.3) is 0 Å². The Bertz CT molecular complexity index is 240. The molecule has 0 saturated carbocycles. The first-order chi connectivity index (χ1) is 4.74. The van der Waals surface area contributed by atoms with Crippen LogP contribution >= 0.6 is 11.6 Å². The summed E-state index contributed by atoms with van der Waals surface area (Å²) in [5.74, 6) is 0.423. The van der Waals surface area contributed by atoms with Crippen LogP contribution in [0.1, 0.15) is 0 Å². The van der Waals surface area contributed by atoms with Gasteiger partial charge in [0.1, 0.15) is 5.75 Å². The maximum absolute atomic E-state index is 10.7. The first kappa shape index (κ1) is 11.1. The molecule has 0 spiro atoms. The van der Waals surface area contributed by atoms with E-state index in [9.17, 15) is 5.11 Å². The Labute approximate surface area is 92.4 Å². The zero-order valence-corrected chi connectivity index (χ0v) is 9.18. The predicted octanol–water partition coefficient (Wildman–Crippen LogP) is -1.57. The van der Waals surface area contributed by atoms with Gasteiger partial charge < -0.3 is 9.84 Å². The van der Waals surface area contributed by atoms with Gasteiger partial charge in [-0.05, 0) is 12.1 Å². The minimum Gasteiger partial charge on any atom is -0.871 e. The van der Waals surface area contributed by atoms with Gasteiger partial charge in [-0.1, -0.05) is 23.4 Å². The molecule has 0 aromatic heterocycles. The van der Waals surface area contributed by atoms with Crippen molar-refractivity contribution in [1.29, 1.82) is 0 Å². The molecule has 1 aromatic rings. The minimum absolute atomic E-state index is 0. The van der Waals surface area contributed by atoms with Crippen molar-refractivity contribution in [2.45, 2.75) is 0 Å². The molecule has 0 amide bonds. The van der Waals surface area contributed by atoms with E-state index in [0.29, 0.717) is 5.75 Å². The van der Waals surface area contributed by atoms with Gasteiger partial charge in [0.25, 0.3) is 0 Å². The second kappa shape index (κ2) is 4.88. The molecule has 0 bridgehead atoms. The Morgan fingerprint density at radius 3 is 2.55 bits per heavy atom. The van der Waals surface area contributed by atoms with Crippen LogP contribution < -0.4 is 39.4 Å². The van der Waals surface area contributed by atoms with Crippen LogP contribution in [-0.4, -0.2) is 7.11 Å². The molecule has 4 heteroatoms. The summed E-state index contributed by atoms with van der Waals surface area (Å²) in [5, 5.41) is 10.9. The van der Waals surface area contributed by atoms with E-state index in [4.69, 9.17) is 16.3 Å². The number of hydrogen-bond acceptors (Lipinski definition) is 2.